The number of alkyl halides is 3. The van der Waals surface area contributed by atoms with E-state index in [0.29, 0.717) is 48.6 Å². The summed E-state index contributed by atoms with van der Waals surface area (Å²) < 4.78 is 54.1. The van der Waals surface area contributed by atoms with Crippen molar-refractivity contribution in [3.63, 3.8) is 0 Å². The molecular weight excluding hydrogens is 447 g/mol. The van der Waals surface area contributed by atoms with Gasteiger partial charge in [0, 0.05) is 42.5 Å². The van der Waals surface area contributed by atoms with Crippen molar-refractivity contribution >= 4 is 17.5 Å². The van der Waals surface area contributed by atoms with E-state index < -0.39 is 28.6 Å². The van der Waals surface area contributed by atoms with Gasteiger partial charge in [-0.05, 0) is 25.0 Å². The SMILES string of the molecule is O=C(OCc1cc([N+](=O)[O-])cc2c1OCOC2)C1CCN(c2ccc(C(F)(F)F)cn2)CC1. The minimum absolute atomic E-state index is 0.00218. The maximum atomic E-state index is 12.7. The van der Waals surface area contributed by atoms with Crippen LogP contribution in [0.5, 0.6) is 5.75 Å². The molecule has 0 radical (unpaired) electrons. The van der Waals surface area contributed by atoms with Gasteiger partial charge < -0.3 is 19.1 Å². The van der Waals surface area contributed by atoms with Crippen molar-refractivity contribution in [3.05, 3.63) is 57.3 Å². The Labute approximate surface area is 186 Å². The number of esters is 1. The number of rotatable bonds is 5. The molecule has 1 saturated heterocycles. The maximum Gasteiger partial charge on any atom is 0.417 e. The largest absolute Gasteiger partial charge is 0.467 e. The van der Waals surface area contributed by atoms with Crippen molar-refractivity contribution in [2.24, 2.45) is 5.92 Å². The summed E-state index contributed by atoms with van der Waals surface area (Å²) in [4.78, 5) is 28.9. The monoisotopic (exact) mass is 467 g/mol. The number of benzene rings is 1. The van der Waals surface area contributed by atoms with Crippen LogP contribution < -0.4 is 9.64 Å². The number of piperidine rings is 1. The van der Waals surface area contributed by atoms with Crippen molar-refractivity contribution in [2.75, 3.05) is 24.8 Å². The fourth-order valence-corrected chi connectivity index (χ4v) is 3.85. The van der Waals surface area contributed by atoms with Crippen LogP contribution in [0.3, 0.4) is 0 Å². The van der Waals surface area contributed by atoms with Crippen molar-refractivity contribution in [2.45, 2.75) is 32.2 Å². The first kappa shape index (κ1) is 22.8. The van der Waals surface area contributed by atoms with E-state index in [-0.39, 0.29) is 25.7 Å². The van der Waals surface area contributed by atoms with Crippen LogP contribution in [0.2, 0.25) is 0 Å². The number of nitro benzene ring substituents is 1. The molecule has 12 heteroatoms. The molecule has 176 valence electrons. The second-order valence-corrected chi connectivity index (χ2v) is 7.73. The molecule has 0 atom stereocenters. The zero-order chi connectivity index (χ0) is 23.6. The molecule has 0 aliphatic carbocycles. The number of carbonyl (C=O) groups is 1. The summed E-state index contributed by atoms with van der Waals surface area (Å²) >= 11 is 0. The van der Waals surface area contributed by atoms with Gasteiger partial charge in [-0.3, -0.25) is 14.9 Å². The first-order chi connectivity index (χ1) is 15.7. The Hall–Kier alpha value is -3.41. The third kappa shape index (κ3) is 5.16. The molecule has 0 unspecified atom stereocenters. The zero-order valence-electron chi connectivity index (χ0n) is 17.3. The number of pyridine rings is 1. The smallest absolute Gasteiger partial charge is 0.417 e. The highest BCUT2D eigenvalue weighted by Crippen LogP contribution is 2.34. The predicted octanol–water partition coefficient (Wildman–Crippen LogP) is 3.83. The minimum atomic E-state index is -4.45. The fourth-order valence-electron chi connectivity index (χ4n) is 3.85. The first-order valence-electron chi connectivity index (χ1n) is 10.2. The molecular formula is C21H20F3N3O6. The summed E-state index contributed by atoms with van der Waals surface area (Å²) in [5.41, 5.74) is -0.0593. The molecule has 33 heavy (non-hydrogen) atoms. The lowest BCUT2D eigenvalue weighted by molar-refractivity contribution is -0.385. The number of anilines is 1. The summed E-state index contributed by atoms with van der Waals surface area (Å²) in [6, 6.07) is 4.98. The number of nitro groups is 1. The van der Waals surface area contributed by atoms with Crippen molar-refractivity contribution in [3.8, 4) is 5.75 Å². The summed E-state index contributed by atoms with van der Waals surface area (Å²) in [5.74, 6) is -0.00271. The van der Waals surface area contributed by atoms with Crippen molar-refractivity contribution in [1.29, 1.82) is 0 Å². The highest BCUT2D eigenvalue weighted by Gasteiger charge is 2.32. The van der Waals surface area contributed by atoms with E-state index in [1.165, 1.54) is 18.2 Å². The van der Waals surface area contributed by atoms with E-state index in [0.717, 1.165) is 12.3 Å². The Morgan fingerprint density at radius 2 is 2.03 bits per heavy atom. The van der Waals surface area contributed by atoms with Crippen LogP contribution in [0.25, 0.3) is 0 Å². The Morgan fingerprint density at radius 1 is 1.27 bits per heavy atom. The van der Waals surface area contributed by atoms with Gasteiger partial charge in [0.2, 0.25) is 0 Å². The third-order valence-electron chi connectivity index (χ3n) is 5.58. The fraction of sp³-hybridized carbons (Fsp3) is 0.429. The standard InChI is InChI=1S/C21H20F3N3O6/c22-21(23,24)16-1-2-18(25-9-16)26-5-3-13(4-6-26)20(28)32-11-15-8-17(27(29)30)7-14-10-31-12-33-19(14)15/h1-2,7-9,13H,3-6,10-12H2. The summed E-state index contributed by atoms with van der Waals surface area (Å²) in [6.07, 6.45) is -2.76. The van der Waals surface area contributed by atoms with Crippen LogP contribution in [0, 0.1) is 16.0 Å². The van der Waals surface area contributed by atoms with Gasteiger partial charge in [0.1, 0.15) is 18.2 Å². The molecule has 2 aliphatic heterocycles. The molecule has 1 aromatic heterocycles. The first-order valence-corrected chi connectivity index (χ1v) is 10.2. The summed E-state index contributed by atoms with van der Waals surface area (Å²) in [5, 5.41) is 11.2. The Morgan fingerprint density at radius 3 is 2.67 bits per heavy atom. The number of halogens is 3. The molecule has 9 nitrogen and oxygen atoms in total. The van der Waals surface area contributed by atoms with Gasteiger partial charge in [0.15, 0.2) is 6.79 Å². The lowest BCUT2D eigenvalue weighted by Crippen LogP contribution is -2.37. The Bertz CT molecular complexity index is 1040. The van der Waals surface area contributed by atoms with E-state index >= 15 is 0 Å². The van der Waals surface area contributed by atoms with Crippen LogP contribution in [0.1, 0.15) is 29.5 Å². The van der Waals surface area contributed by atoms with E-state index in [1.54, 1.807) is 0 Å². The van der Waals surface area contributed by atoms with Crippen LogP contribution in [0.15, 0.2) is 30.5 Å². The molecule has 4 rings (SSSR count). The van der Waals surface area contributed by atoms with E-state index in [2.05, 4.69) is 4.98 Å². The highest BCUT2D eigenvalue weighted by molar-refractivity contribution is 5.73. The van der Waals surface area contributed by atoms with Crippen LogP contribution in [0.4, 0.5) is 24.7 Å². The van der Waals surface area contributed by atoms with Crippen molar-refractivity contribution < 1.29 is 37.1 Å². The minimum Gasteiger partial charge on any atom is -0.467 e. The molecule has 0 saturated carbocycles. The molecule has 0 spiro atoms. The second kappa shape index (κ2) is 9.22. The average Bonchev–Trinajstić information content (AvgIpc) is 2.81. The topological polar surface area (TPSA) is 104 Å². The number of aromatic nitrogens is 1. The van der Waals surface area contributed by atoms with Crippen molar-refractivity contribution in [1.82, 2.24) is 4.98 Å². The number of nitrogens with zero attached hydrogens (tertiary/aromatic N) is 3. The highest BCUT2D eigenvalue weighted by atomic mass is 19.4. The number of ether oxygens (including phenoxy) is 3. The Balaban J connectivity index is 1.35. The van der Waals surface area contributed by atoms with Crippen LogP contribution in [-0.2, 0) is 33.7 Å². The van der Waals surface area contributed by atoms with Crippen LogP contribution >= 0.6 is 0 Å². The van der Waals surface area contributed by atoms with Gasteiger partial charge in [0.05, 0.1) is 23.0 Å². The van der Waals surface area contributed by atoms with E-state index in [9.17, 15) is 28.1 Å². The Kier molecular flexibility index (Phi) is 6.36. The second-order valence-electron chi connectivity index (χ2n) is 7.73. The van der Waals surface area contributed by atoms with E-state index in [1.807, 2.05) is 4.90 Å². The van der Waals surface area contributed by atoms with E-state index in [4.69, 9.17) is 14.2 Å². The molecule has 1 fully saturated rings. The van der Waals surface area contributed by atoms with Gasteiger partial charge in [-0.2, -0.15) is 13.2 Å². The number of hydrogen-bond donors (Lipinski definition) is 0. The van der Waals surface area contributed by atoms with Gasteiger partial charge in [-0.1, -0.05) is 0 Å². The zero-order valence-corrected chi connectivity index (χ0v) is 17.3. The number of non-ortho nitro benzene ring substituents is 1. The number of hydrogen-bond acceptors (Lipinski definition) is 8. The van der Waals surface area contributed by atoms with Gasteiger partial charge >= 0.3 is 12.1 Å². The quantitative estimate of drug-likeness (QED) is 0.371. The normalized spacial score (nSPS) is 16.6. The molecule has 3 heterocycles. The molecule has 1 aromatic carbocycles. The summed E-state index contributed by atoms with van der Waals surface area (Å²) in [6.45, 7) is 0.857. The number of fused-ring (bicyclic) bond motifs is 1. The summed E-state index contributed by atoms with van der Waals surface area (Å²) in [7, 11) is 0. The van der Waals surface area contributed by atoms with Crippen LogP contribution in [-0.4, -0.2) is 35.8 Å². The lowest BCUT2D eigenvalue weighted by atomic mass is 9.97. The molecule has 0 bridgehead atoms. The van der Waals surface area contributed by atoms with Gasteiger partial charge in [0.25, 0.3) is 5.69 Å². The van der Waals surface area contributed by atoms with Gasteiger partial charge in [-0.15, -0.1) is 0 Å². The molecule has 0 N–H and O–H groups in total. The maximum absolute atomic E-state index is 12.7. The number of carbonyl (C=O) groups excluding carboxylic acids is 1. The predicted molar refractivity (Wildman–Crippen MR) is 107 cm³/mol. The molecule has 2 aliphatic rings. The molecule has 0 amide bonds. The molecule has 2 aromatic rings. The van der Waals surface area contributed by atoms with Gasteiger partial charge in [-0.25, -0.2) is 4.98 Å². The lowest BCUT2D eigenvalue weighted by Gasteiger charge is -2.31. The average molecular weight is 467 g/mol. The third-order valence-corrected chi connectivity index (χ3v) is 5.58.